The molecule has 2 rings (SSSR count). The molecule has 0 saturated heterocycles. The normalized spacial score (nSPS) is 32.5. The average Bonchev–Trinajstić information content (AvgIpc) is 2.78. The average molecular weight is 238 g/mol. The van der Waals surface area contributed by atoms with E-state index in [0.29, 0.717) is 12.0 Å². The van der Waals surface area contributed by atoms with E-state index in [-0.39, 0.29) is 11.9 Å². The molecular weight excluding hydrogens is 212 g/mol. The minimum atomic E-state index is -0.143. The highest BCUT2D eigenvalue weighted by Gasteiger charge is 2.32. The van der Waals surface area contributed by atoms with Crippen molar-refractivity contribution < 1.29 is 4.79 Å². The molecule has 0 spiro atoms. The van der Waals surface area contributed by atoms with Gasteiger partial charge in [0, 0.05) is 6.04 Å². The number of hydrogen-bond acceptors (Lipinski definition) is 2. The summed E-state index contributed by atoms with van der Waals surface area (Å²) in [7, 11) is 0. The predicted octanol–water partition coefficient (Wildman–Crippen LogP) is 2.20. The van der Waals surface area contributed by atoms with Crippen LogP contribution in [0.5, 0.6) is 0 Å². The Balaban J connectivity index is 1.93. The number of nitrogens with one attached hydrogen (secondary N) is 1. The van der Waals surface area contributed by atoms with Crippen LogP contribution in [-0.2, 0) is 4.79 Å². The highest BCUT2D eigenvalue weighted by Crippen LogP contribution is 2.31. The van der Waals surface area contributed by atoms with Crippen LogP contribution < -0.4 is 11.1 Å². The van der Waals surface area contributed by atoms with Crippen molar-refractivity contribution in [3.63, 3.8) is 0 Å². The van der Waals surface area contributed by atoms with Gasteiger partial charge in [0.2, 0.25) is 5.91 Å². The largest absolute Gasteiger partial charge is 0.368 e. The molecule has 0 bridgehead atoms. The molecule has 98 valence electrons. The van der Waals surface area contributed by atoms with Gasteiger partial charge in [0.05, 0.1) is 6.04 Å². The second-order valence-corrected chi connectivity index (χ2v) is 6.06. The van der Waals surface area contributed by atoms with Crippen molar-refractivity contribution in [3.8, 4) is 0 Å². The van der Waals surface area contributed by atoms with Gasteiger partial charge in [-0.15, -0.1) is 0 Å². The van der Waals surface area contributed by atoms with Crippen LogP contribution in [-0.4, -0.2) is 18.0 Å². The number of carbonyl (C=O) groups is 1. The van der Waals surface area contributed by atoms with Gasteiger partial charge in [-0.1, -0.05) is 32.6 Å². The van der Waals surface area contributed by atoms with Crippen molar-refractivity contribution in [2.24, 2.45) is 17.6 Å². The summed E-state index contributed by atoms with van der Waals surface area (Å²) in [4.78, 5) is 11.7. The Morgan fingerprint density at radius 3 is 2.47 bits per heavy atom. The third kappa shape index (κ3) is 3.44. The zero-order valence-electron chi connectivity index (χ0n) is 11.0. The third-order valence-electron chi connectivity index (χ3n) is 4.53. The fraction of sp³-hybridized carbons (Fsp3) is 0.929. The maximum Gasteiger partial charge on any atom is 0.234 e. The molecule has 0 heterocycles. The standard InChI is InChI=1S/C14H26N2O/c1-10-5-4-6-11(9-10)13(14(15)17)16-12-7-2-3-8-12/h10-13,16H,2-9H2,1H3,(H2,15,17). The zero-order chi connectivity index (χ0) is 12.3. The summed E-state index contributed by atoms with van der Waals surface area (Å²) in [6, 6.07) is 0.450. The van der Waals surface area contributed by atoms with Gasteiger partial charge in [-0.25, -0.2) is 0 Å². The van der Waals surface area contributed by atoms with Gasteiger partial charge in [0.25, 0.3) is 0 Å². The van der Waals surface area contributed by atoms with E-state index < -0.39 is 0 Å². The number of hydrogen-bond donors (Lipinski definition) is 2. The molecule has 0 aliphatic heterocycles. The second kappa shape index (κ2) is 5.85. The number of carbonyl (C=O) groups excluding carboxylic acids is 1. The molecule has 0 aromatic rings. The molecule has 1 amide bonds. The molecule has 0 aromatic heterocycles. The van der Waals surface area contributed by atoms with Crippen molar-refractivity contribution in [1.82, 2.24) is 5.32 Å². The molecule has 3 unspecified atom stereocenters. The molecule has 3 nitrogen and oxygen atoms in total. The van der Waals surface area contributed by atoms with Crippen LogP contribution in [0, 0.1) is 11.8 Å². The lowest BCUT2D eigenvalue weighted by Gasteiger charge is -2.33. The van der Waals surface area contributed by atoms with Gasteiger partial charge in [-0.3, -0.25) is 4.79 Å². The topological polar surface area (TPSA) is 55.1 Å². The third-order valence-corrected chi connectivity index (χ3v) is 4.53. The van der Waals surface area contributed by atoms with E-state index in [1.807, 2.05) is 0 Å². The maximum atomic E-state index is 11.7. The smallest absolute Gasteiger partial charge is 0.234 e. The Bertz CT molecular complexity index is 261. The first-order valence-corrected chi connectivity index (χ1v) is 7.22. The molecular formula is C14H26N2O. The molecule has 2 fully saturated rings. The minimum Gasteiger partial charge on any atom is -0.368 e. The number of amides is 1. The highest BCUT2D eigenvalue weighted by atomic mass is 16.1. The minimum absolute atomic E-state index is 0.0825. The first kappa shape index (κ1) is 12.9. The zero-order valence-corrected chi connectivity index (χ0v) is 11.0. The van der Waals surface area contributed by atoms with Crippen molar-refractivity contribution in [2.75, 3.05) is 0 Å². The van der Waals surface area contributed by atoms with Crippen LogP contribution in [0.3, 0.4) is 0 Å². The predicted molar refractivity (Wildman–Crippen MR) is 69.5 cm³/mol. The van der Waals surface area contributed by atoms with E-state index in [9.17, 15) is 4.79 Å². The molecule has 17 heavy (non-hydrogen) atoms. The summed E-state index contributed by atoms with van der Waals surface area (Å²) in [5.74, 6) is 1.08. The maximum absolute atomic E-state index is 11.7. The van der Waals surface area contributed by atoms with E-state index in [2.05, 4.69) is 12.2 Å². The summed E-state index contributed by atoms with van der Waals surface area (Å²) >= 11 is 0. The van der Waals surface area contributed by atoms with Gasteiger partial charge in [-0.05, 0) is 37.5 Å². The molecule has 0 radical (unpaired) electrons. The highest BCUT2D eigenvalue weighted by molar-refractivity contribution is 5.80. The first-order chi connectivity index (χ1) is 8.16. The Morgan fingerprint density at radius 1 is 1.18 bits per heavy atom. The van der Waals surface area contributed by atoms with Crippen LogP contribution in [0.2, 0.25) is 0 Å². The van der Waals surface area contributed by atoms with Gasteiger partial charge in [-0.2, -0.15) is 0 Å². The van der Waals surface area contributed by atoms with Gasteiger partial charge in [0.1, 0.15) is 0 Å². The Kier molecular flexibility index (Phi) is 4.43. The van der Waals surface area contributed by atoms with Crippen molar-refractivity contribution in [1.29, 1.82) is 0 Å². The summed E-state index contributed by atoms with van der Waals surface area (Å²) in [6.07, 6.45) is 9.91. The molecule has 2 saturated carbocycles. The Labute approximate surface area is 105 Å². The fourth-order valence-electron chi connectivity index (χ4n) is 3.58. The SMILES string of the molecule is CC1CCCC(C(NC2CCCC2)C(N)=O)C1. The second-order valence-electron chi connectivity index (χ2n) is 6.06. The Morgan fingerprint density at radius 2 is 1.88 bits per heavy atom. The lowest BCUT2D eigenvalue weighted by Crippen LogP contribution is -2.51. The van der Waals surface area contributed by atoms with E-state index in [0.717, 1.165) is 18.8 Å². The monoisotopic (exact) mass is 238 g/mol. The van der Waals surface area contributed by atoms with Crippen LogP contribution in [0.4, 0.5) is 0 Å². The lowest BCUT2D eigenvalue weighted by atomic mass is 9.78. The van der Waals surface area contributed by atoms with E-state index >= 15 is 0 Å². The van der Waals surface area contributed by atoms with Crippen LogP contribution in [0.1, 0.15) is 58.3 Å². The Hall–Kier alpha value is -0.570. The molecule has 0 aromatic carbocycles. The number of nitrogens with two attached hydrogens (primary N) is 1. The van der Waals surface area contributed by atoms with Gasteiger partial charge in [0.15, 0.2) is 0 Å². The van der Waals surface area contributed by atoms with Crippen LogP contribution in [0.25, 0.3) is 0 Å². The molecule has 3 atom stereocenters. The van der Waals surface area contributed by atoms with Crippen LogP contribution >= 0.6 is 0 Å². The molecule has 2 aliphatic carbocycles. The van der Waals surface area contributed by atoms with Crippen LogP contribution in [0.15, 0.2) is 0 Å². The summed E-state index contributed by atoms with van der Waals surface area (Å²) in [5, 5.41) is 3.53. The van der Waals surface area contributed by atoms with E-state index in [1.165, 1.54) is 38.5 Å². The number of rotatable bonds is 4. The fourth-order valence-corrected chi connectivity index (χ4v) is 3.58. The van der Waals surface area contributed by atoms with Gasteiger partial charge >= 0.3 is 0 Å². The van der Waals surface area contributed by atoms with E-state index in [1.54, 1.807) is 0 Å². The quantitative estimate of drug-likeness (QED) is 0.789. The van der Waals surface area contributed by atoms with Crippen molar-refractivity contribution in [3.05, 3.63) is 0 Å². The summed E-state index contributed by atoms with van der Waals surface area (Å²) in [6.45, 7) is 2.29. The van der Waals surface area contributed by atoms with Crippen molar-refractivity contribution >= 4 is 5.91 Å². The molecule has 3 N–H and O–H groups in total. The summed E-state index contributed by atoms with van der Waals surface area (Å²) < 4.78 is 0. The van der Waals surface area contributed by atoms with E-state index in [4.69, 9.17) is 5.73 Å². The lowest BCUT2D eigenvalue weighted by molar-refractivity contribution is -0.122. The first-order valence-electron chi connectivity index (χ1n) is 7.22. The number of primary amides is 1. The summed E-state index contributed by atoms with van der Waals surface area (Å²) in [5.41, 5.74) is 5.59. The molecule has 2 aliphatic rings. The molecule has 3 heteroatoms. The van der Waals surface area contributed by atoms with Gasteiger partial charge < -0.3 is 11.1 Å². The van der Waals surface area contributed by atoms with Crippen molar-refractivity contribution in [2.45, 2.75) is 70.4 Å².